The predicted octanol–water partition coefficient (Wildman–Crippen LogP) is 3.67. The Morgan fingerprint density at radius 3 is 2.33 bits per heavy atom. The number of phenolic OH excluding ortho intramolecular Hbond substituents is 1. The van der Waals surface area contributed by atoms with Crippen molar-refractivity contribution in [2.75, 3.05) is 5.01 Å². The largest absolute Gasteiger partial charge is 0.506 e. The Balaban J connectivity index is 1.74. The number of rotatable bonds is 4. The Bertz CT molecular complexity index is 1320. The molecule has 0 spiro atoms. The van der Waals surface area contributed by atoms with Gasteiger partial charge in [0.25, 0.3) is 16.0 Å². The van der Waals surface area contributed by atoms with Crippen LogP contribution in [0.1, 0.15) is 6.92 Å². The van der Waals surface area contributed by atoms with Gasteiger partial charge in [0.05, 0.1) is 11.4 Å². The summed E-state index contributed by atoms with van der Waals surface area (Å²) in [5.74, 6) is -0.897. The molecule has 1 atom stereocenters. The number of azo groups is 1. The van der Waals surface area contributed by atoms with Crippen molar-refractivity contribution >= 4 is 43.9 Å². The molecule has 1 amide bonds. The average Bonchev–Trinajstić information content (AvgIpc) is 3.00. The number of hydrazone groups is 1. The highest BCUT2D eigenvalue weighted by Crippen LogP contribution is 2.39. The number of benzene rings is 3. The first kappa shape index (κ1) is 19.7. The summed E-state index contributed by atoms with van der Waals surface area (Å²) < 4.78 is 32.8. The van der Waals surface area contributed by atoms with Crippen LogP contribution in [0.25, 0.3) is 10.8 Å². The molecule has 1 aliphatic rings. The van der Waals surface area contributed by atoms with Gasteiger partial charge in [0.15, 0.2) is 6.04 Å². The van der Waals surface area contributed by atoms with Gasteiger partial charge in [-0.25, -0.2) is 0 Å². The molecule has 0 radical (unpaired) electrons. The Morgan fingerprint density at radius 2 is 1.67 bits per heavy atom. The molecule has 3 aromatic rings. The smallest absolute Gasteiger partial charge is 0.295 e. The summed E-state index contributed by atoms with van der Waals surface area (Å²) in [6.45, 7) is 1.64. The third-order valence-corrected chi connectivity index (χ3v) is 5.50. The highest BCUT2D eigenvalue weighted by Gasteiger charge is 2.34. The van der Waals surface area contributed by atoms with Gasteiger partial charge in [-0.3, -0.25) is 9.35 Å². The molecule has 0 bridgehead atoms. The first-order valence-electron chi connectivity index (χ1n) is 8.84. The van der Waals surface area contributed by atoms with E-state index in [0.29, 0.717) is 11.4 Å². The van der Waals surface area contributed by atoms with Gasteiger partial charge in [0.2, 0.25) is 0 Å². The molecule has 0 saturated heterocycles. The van der Waals surface area contributed by atoms with Gasteiger partial charge in [-0.15, -0.1) is 0 Å². The van der Waals surface area contributed by atoms with E-state index in [1.807, 2.05) is 6.07 Å². The highest BCUT2D eigenvalue weighted by atomic mass is 32.2. The summed E-state index contributed by atoms with van der Waals surface area (Å²) in [6, 6.07) is 15.0. The molecule has 10 heteroatoms. The quantitative estimate of drug-likeness (QED) is 0.487. The molecule has 3 aromatic carbocycles. The van der Waals surface area contributed by atoms with E-state index < -0.39 is 32.7 Å². The fraction of sp³-hybridized carbons (Fsp3) is 0.100. The topological polar surface area (TPSA) is 132 Å². The monoisotopic (exact) mass is 424 g/mol. The summed E-state index contributed by atoms with van der Waals surface area (Å²) in [6.07, 6.45) is 0. The van der Waals surface area contributed by atoms with Crippen molar-refractivity contribution < 1.29 is 22.9 Å². The molecule has 1 unspecified atom stereocenters. The second kappa shape index (κ2) is 7.32. The van der Waals surface area contributed by atoms with E-state index in [4.69, 9.17) is 0 Å². The van der Waals surface area contributed by atoms with Gasteiger partial charge < -0.3 is 5.11 Å². The van der Waals surface area contributed by atoms with Crippen molar-refractivity contribution in [1.82, 2.24) is 0 Å². The van der Waals surface area contributed by atoms with Crippen molar-refractivity contribution in [3.05, 3.63) is 60.7 Å². The summed E-state index contributed by atoms with van der Waals surface area (Å²) in [4.78, 5) is 12.3. The van der Waals surface area contributed by atoms with Crippen LogP contribution in [0.3, 0.4) is 0 Å². The van der Waals surface area contributed by atoms with E-state index in [2.05, 4.69) is 15.3 Å². The van der Waals surface area contributed by atoms with E-state index in [1.165, 1.54) is 17.1 Å². The Kier molecular flexibility index (Phi) is 4.80. The summed E-state index contributed by atoms with van der Waals surface area (Å²) in [7, 11) is -4.57. The van der Waals surface area contributed by atoms with Crippen LogP contribution < -0.4 is 5.01 Å². The van der Waals surface area contributed by atoms with Crippen LogP contribution in [0.5, 0.6) is 5.75 Å². The van der Waals surface area contributed by atoms with Gasteiger partial charge in [-0.1, -0.05) is 42.5 Å². The van der Waals surface area contributed by atoms with Gasteiger partial charge in [0, 0.05) is 16.8 Å². The predicted molar refractivity (Wildman–Crippen MR) is 111 cm³/mol. The lowest BCUT2D eigenvalue weighted by molar-refractivity contribution is -0.117. The van der Waals surface area contributed by atoms with E-state index in [-0.39, 0.29) is 16.5 Å². The lowest BCUT2D eigenvalue weighted by Gasteiger charge is -2.12. The number of phenols is 1. The normalized spacial score (nSPS) is 17.1. The molecule has 152 valence electrons. The zero-order valence-electron chi connectivity index (χ0n) is 15.7. The van der Waals surface area contributed by atoms with Crippen LogP contribution in [0.2, 0.25) is 0 Å². The van der Waals surface area contributed by atoms with E-state index in [0.717, 1.165) is 6.07 Å². The van der Waals surface area contributed by atoms with Crippen molar-refractivity contribution in [3.8, 4) is 5.75 Å². The minimum Gasteiger partial charge on any atom is -0.506 e. The molecule has 0 fully saturated rings. The lowest BCUT2D eigenvalue weighted by Crippen LogP contribution is -2.29. The van der Waals surface area contributed by atoms with E-state index in [1.54, 1.807) is 43.3 Å². The number of anilines is 1. The maximum Gasteiger partial charge on any atom is 0.295 e. The minimum atomic E-state index is -4.57. The van der Waals surface area contributed by atoms with Crippen molar-refractivity contribution in [3.63, 3.8) is 0 Å². The van der Waals surface area contributed by atoms with Crippen LogP contribution in [-0.2, 0) is 14.9 Å². The highest BCUT2D eigenvalue weighted by molar-refractivity contribution is 7.86. The molecule has 4 rings (SSSR count). The Morgan fingerprint density at radius 1 is 1.03 bits per heavy atom. The van der Waals surface area contributed by atoms with Crippen LogP contribution in [0.4, 0.5) is 11.4 Å². The summed E-state index contributed by atoms with van der Waals surface area (Å²) in [5, 5.41) is 24.3. The zero-order chi connectivity index (χ0) is 21.5. The maximum atomic E-state index is 12.8. The van der Waals surface area contributed by atoms with Gasteiger partial charge in [0.1, 0.15) is 16.3 Å². The molecule has 0 saturated carbocycles. The second-order valence-electron chi connectivity index (χ2n) is 6.61. The number of hydrogen-bond donors (Lipinski definition) is 2. The number of carbonyl (C=O) groups is 1. The summed E-state index contributed by atoms with van der Waals surface area (Å²) >= 11 is 0. The molecular weight excluding hydrogens is 408 g/mol. The molecule has 9 nitrogen and oxygen atoms in total. The fourth-order valence-corrected chi connectivity index (χ4v) is 3.91. The number of hydrogen-bond acceptors (Lipinski definition) is 7. The number of amides is 1. The van der Waals surface area contributed by atoms with E-state index in [9.17, 15) is 22.9 Å². The van der Waals surface area contributed by atoms with Crippen LogP contribution in [0, 0.1) is 0 Å². The van der Waals surface area contributed by atoms with E-state index >= 15 is 0 Å². The molecule has 2 N–H and O–H groups in total. The van der Waals surface area contributed by atoms with Crippen molar-refractivity contribution in [2.45, 2.75) is 17.9 Å². The van der Waals surface area contributed by atoms with Crippen LogP contribution in [0.15, 0.2) is 80.9 Å². The van der Waals surface area contributed by atoms with Crippen molar-refractivity contribution in [1.29, 1.82) is 0 Å². The molecule has 1 aliphatic heterocycles. The average molecular weight is 424 g/mol. The molecule has 0 aliphatic carbocycles. The Labute approximate surface area is 171 Å². The first-order chi connectivity index (χ1) is 14.3. The third kappa shape index (κ3) is 3.42. The molecule has 0 aromatic heterocycles. The summed E-state index contributed by atoms with van der Waals surface area (Å²) in [5.41, 5.74) is 0.994. The molecule has 30 heavy (non-hydrogen) atoms. The minimum absolute atomic E-state index is 0.0169. The maximum absolute atomic E-state index is 12.8. The first-order valence-corrected chi connectivity index (χ1v) is 10.3. The number of aromatic hydroxyl groups is 1. The van der Waals surface area contributed by atoms with Crippen molar-refractivity contribution in [2.24, 2.45) is 15.3 Å². The number of nitrogens with zero attached hydrogens (tertiary/aromatic N) is 4. The number of para-hydroxylation sites is 1. The van der Waals surface area contributed by atoms with Gasteiger partial charge >= 0.3 is 0 Å². The lowest BCUT2D eigenvalue weighted by atomic mass is 10.1. The molecular formula is C20H16N4O5S. The van der Waals surface area contributed by atoms with Crippen LogP contribution in [-0.4, -0.2) is 35.7 Å². The fourth-order valence-electron chi connectivity index (χ4n) is 3.19. The zero-order valence-corrected chi connectivity index (χ0v) is 16.5. The number of fused-ring (bicyclic) bond motifs is 1. The third-order valence-electron chi connectivity index (χ3n) is 4.61. The van der Waals surface area contributed by atoms with Gasteiger partial charge in [-0.05, 0) is 19.1 Å². The number of carbonyl (C=O) groups excluding carboxylic acids is 1. The van der Waals surface area contributed by atoms with Crippen LogP contribution >= 0.6 is 0 Å². The van der Waals surface area contributed by atoms with Gasteiger partial charge in [-0.2, -0.15) is 28.8 Å². The second-order valence-corrected chi connectivity index (χ2v) is 8.00. The molecule has 1 heterocycles. The SMILES string of the molecule is CC1=NN(c2ccccc2)C(=O)C1/N=N/c1c(O)cc(S(=O)(=O)O)c2ccccc12. The Hall–Kier alpha value is -3.63. The standard InChI is InChI=1S/C20H16N4O5S/c1-12-18(20(26)24(23-12)13-7-3-2-4-8-13)21-22-19-15-10-6-5-9-14(15)17(11-16(19)25)30(27,28)29/h2-11,18,25H,1H3,(H,27,28,29)/b22-21+.